The molecular formula is C12H18F3N3O. The molecule has 1 heterocycles. The zero-order valence-electron chi connectivity index (χ0n) is 11.2. The average molecular weight is 277 g/mol. The highest BCUT2D eigenvalue weighted by molar-refractivity contribution is 5.09. The van der Waals surface area contributed by atoms with Crippen LogP contribution in [0.4, 0.5) is 13.2 Å². The molecule has 4 nitrogen and oxygen atoms in total. The number of hydrogen-bond donors (Lipinski definition) is 1. The number of nitrogens with two attached hydrogens (primary N) is 1. The van der Waals surface area contributed by atoms with Crippen LogP contribution in [-0.4, -0.2) is 10.1 Å². The van der Waals surface area contributed by atoms with Gasteiger partial charge in [-0.25, -0.2) is 0 Å². The molecule has 0 aliphatic heterocycles. The molecule has 1 aliphatic carbocycles. The molecule has 1 saturated carbocycles. The second kappa shape index (κ2) is 4.19. The second-order valence-electron chi connectivity index (χ2n) is 6.43. The molecule has 0 spiro atoms. The summed E-state index contributed by atoms with van der Waals surface area (Å²) in [6.45, 7) is 6.14. The Bertz CT molecular complexity index is 469. The Morgan fingerprint density at radius 3 is 2.42 bits per heavy atom. The van der Waals surface area contributed by atoms with Crippen LogP contribution in [-0.2, 0) is 11.7 Å². The van der Waals surface area contributed by atoms with E-state index in [-0.39, 0.29) is 11.2 Å². The van der Waals surface area contributed by atoms with Crippen LogP contribution in [0.1, 0.15) is 51.7 Å². The van der Waals surface area contributed by atoms with Crippen molar-refractivity contribution in [3.8, 4) is 0 Å². The van der Waals surface area contributed by atoms with Crippen molar-refractivity contribution < 1.29 is 17.7 Å². The Labute approximate surface area is 109 Å². The minimum atomic E-state index is -4.63. The highest BCUT2D eigenvalue weighted by Crippen LogP contribution is 2.46. The molecule has 2 N–H and O–H groups in total. The van der Waals surface area contributed by atoms with Crippen LogP contribution >= 0.6 is 0 Å². The summed E-state index contributed by atoms with van der Waals surface area (Å²) in [5.41, 5.74) is 5.25. The summed E-state index contributed by atoms with van der Waals surface area (Å²) in [4.78, 5) is 3.45. The van der Waals surface area contributed by atoms with Gasteiger partial charge in [0.05, 0.1) is 5.54 Å². The number of halogens is 3. The van der Waals surface area contributed by atoms with Crippen molar-refractivity contribution >= 4 is 0 Å². The Hall–Kier alpha value is -1.11. The Kier molecular flexibility index (Phi) is 3.16. The minimum absolute atomic E-state index is 0.0422. The van der Waals surface area contributed by atoms with Gasteiger partial charge in [-0.15, -0.1) is 0 Å². The highest BCUT2D eigenvalue weighted by atomic mass is 19.4. The van der Waals surface area contributed by atoms with E-state index >= 15 is 0 Å². The fraction of sp³-hybridized carbons (Fsp3) is 0.833. The highest BCUT2D eigenvalue weighted by Gasteiger charge is 2.46. The molecule has 2 rings (SSSR count). The van der Waals surface area contributed by atoms with Gasteiger partial charge in [0.25, 0.3) is 0 Å². The van der Waals surface area contributed by atoms with E-state index < -0.39 is 17.6 Å². The largest absolute Gasteiger partial charge is 0.471 e. The van der Waals surface area contributed by atoms with Gasteiger partial charge in [0.2, 0.25) is 0 Å². The van der Waals surface area contributed by atoms with Gasteiger partial charge in [0.15, 0.2) is 5.82 Å². The third-order valence-electron chi connectivity index (χ3n) is 3.52. The Morgan fingerprint density at radius 2 is 1.95 bits per heavy atom. The molecule has 1 aromatic heterocycles. The molecule has 108 valence electrons. The molecule has 7 heteroatoms. The van der Waals surface area contributed by atoms with Gasteiger partial charge < -0.3 is 10.3 Å². The monoisotopic (exact) mass is 277 g/mol. The molecule has 1 aromatic rings. The maximum Gasteiger partial charge on any atom is 0.471 e. The van der Waals surface area contributed by atoms with Crippen molar-refractivity contribution in [2.45, 2.75) is 51.7 Å². The van der Waals surface area contributed by atoms with E-state index in [4.69, 9.17) is 5.73 Å². The van der Waals surface area contributed by atoms with Gasteiger partial charge >= 0.3 is 12.1 Å². The number of aromatic nitrogens is 2. The van der Waals surface area contributed by atoms with Crippen LogP contribution in [0.25, 0.3) is 0 Å². The van der Waals surface area contributed by atoms with Crippen molar-refractivity contribution in [3.63, 3.8) is 0 Å². The average Bonchev–Trinajstić information content (AvgIpc) is 2.60. The topological polar surface area (TPSA) is 64.9 Å². The maximum absolute atomic E-state index is 12.5. The third kappa shape index (κ3) is 2.91. The van der Waals surface area contributed by atoms with Crippen LogP contribution in [0, 0.1) is 11.3 Å². The molecule has 1 fully saturated rings. The zero-order valence-corrected chi connectivity index (χ0v) is 11.2. The lowest BCUT2D eigenvalue weighted by molar-refractivity contribution is -0.159. The van der Waals surface area contributed by atoms with Gasteiger partial charge in [-0.1, -0.05) is 25.9 Å². The van der Waals surface area contributed by atoms with Gasteiger partial charge in [-0.3, -0.25) is 0 Å². The Balaban J connectivity index is 2.31. The van der Waals surface area contributed by atoms with Crippen LogP contribution in [0.15, 0.2) is 4.52 Å². The van der Waals surface area contributed by atoms with Gasteiger partial charge in [-0.05, 0) is 30.6 Å². The molecule has 1 aliphatic rings. The summed E-state index contributed by atoms with van der Waals surface area (Å²) in [5, 5.41) is 3.45. The summed E-state index contributed by atoms with van der Waals surface area (Å²) in [6, 6.07) is 0. The van der Waals surface area contributed by atoms with Gasteiger partial charge in [-0.2, -0.15) is 18.2 Å². The molecule has 19 heavy (non-hydrogen) atoms. The number of hydrogen-bond acceptors (Lipinski definition) is 4. The number of nitrogens with zero attached hydrogens (tertiary/aromatic N) is 2. The van der Waals surface area contributed by atoms with E-state index in [0.717, 1.165) is 6.42 Å². The molecule has 0 amide bonds. The summed E-state index contributed by atoms with van der Waals surface area (Å²) < 4.78 is 41.7. The van der Waals surface area contributed by atoms with Crippen molar-refractivity contribution in [1.82, 2.24) is 10.1 Å². The van der Waals surface area contributed by atoms with Gasteiger partial charge in [0, 0.05) is 0 Å². The summed E-state index contributed by atoms with van der Waals surface area (Å²) in [6.07, 6.45) is -2.54. The molecule has 0 bridgehead atoms. The first-order valence-corrected chi connectivity index (χ1v) is 6.22. The van der Waals surface area contributed by atoms with E-state index in [1.54, 1.807) is 0 Å². The third-order valence-corrected chi connectivity index (χ3v) is 3.52. The number of rotatable bonds is 1. The second-order valence-corrected chi connectivity index (χ2v) is 6.43. The first kappa shape index (κ1) is 14.3. The van der Waals surface area contributed by atoms with Crippen molar-refractivity contribution in [1.29, 1.82) is 0 Å². The normalized spacial score (nSPS) is 31.4. The number of alkyl halides is 3. The van der Waals surface area contributed by atoms with E-state index in [1.165, 1.54) is 0 Å². The van der Waals surface area contributed by atoms with E-state index in [9.17, 15) is 13.2 Å². The van der Waals surface area contributed by atoms with E-state index in [0.29, 0.717) is 18.8 Å². The van der Waals surface area contributed by atoms with Crippen molar-refractivity contribution in [3.05, 3.63) is 11.7 Å². The quantitative estimate of drug-likeness (QED) is 0.856. The lowest BCUT2D eigenvalue weighted by atomic mass is 9.64. The van der Waals surface area contributed by atoms with Crippen LogP contribution in [0.3, 0.4) is 0 Å². The van der Waals surface area contributed by atoms with Gasteiger partial charge in [0.1, 0.15) is 0 Å². The minimum Gasteiger partial charge on any atom is -0.329 e. The Morgan fingerprint density at radius 1 is 1.32 bits per heavy atom. The standard InChI is InChI=1S/C12H18F3N3O/c1-7-4-10(2,3)6-11(16,5-7)8-17-9(19-18-8)12(13,14)15/h7H,4-6,16H2,1-3H3. The molecule has 0 radical (unpaired) electrons. The molecule has 0 saturated heterocycles. The lowest BCUT2D eigenvalue weighted by Gasteiger charge is -2.43. The van der Waals surface area contributed by atoms with Crippen LogP contribution in [0.5, 0.6) is 0 Å². The molecule has 2 atom stereocenters. The fourth-order valence-corrected chi connectivity index (χ4v) is 3.35. The smallest absolute Gasteiger partial charge is 0.329 e. The summed E-state index contributed by atoms with van der Waals surface area (Å²) in [7, 11) is 0. The lowest BCUT2D eigenvalue weighted by Crippen LogP contribution is -2.47. The predicted molar refractivity (Wildman–Crippen MR) is 62.0 cm³/mol. The molecular weight excluding hydrogens is 259 g/mol. The van der Waals surface area contributed by atoms with E-state index in [2.05, 4.69) is 28.5 Å². The maximum atomic E-state index is 12.5. The molecule has 2 unspecified atom stereocenters. The zero-order chi connectivity index (χ0) is 14.5. The first-order valence-electron chi connectivity index (χ1n) is 6.22. The summed E-state index contributed by atoms with van der Waals surface area (Å²) in [5.74, 6) is -1.07. The summed E-state index contributed by atoms with van der Waals surface area (Å²) >= 11 is 0. The van der Waals surface area contributed by atoms with Crippen LogP contribution < -0.4 is 5.73 Å². The van der Waals surface area contributed by atoms with Crippen LogP contribution in [0.2, 0.25) is 0 Å². The SMILES string of the molecule is CC1CC(C)(C)CC(N)(c2noc(C(F)(F)F)n2)C1. The molecule has 0 aromatic carbocycles. The van der Waals surface area contributed by atoms with E-state index in [1.807, 2.05) is 6.92 Å². The predicted octanol–water partition coefficient (Wildman–Crippen LogP) is 3.09. The fourth-order valence-electron chi connectivity index (χ4n) is 3.35. The van der Waals surface area contributed by atoms with Crippen molar-refractivity contribution in [2.75, 3.05) is 0 Å². The van der Waals surface area contributed by atoms with Crippen molar-refractivity contribution in [2.24, 2.45) is 17.1 Å². The first-order chi connectivity index (χ1) is 8.52.